The molecular weight excluding hydrogens is 432 g/mol. The number of nitrogens with zero attached hydrogens (tertiary/aromatic N) is 3. The summed E-state index contributed by atoms with van der Waals surface area (Å²) in [5, 5.41) is 8.60. The van der Waals surface area contributed by atoms with Crippen LogP contribution in [0.25, 0.3) is 16.7 Å². The van der Waals surface area contributed by atoms with E-state index >= 15 is 0 Å². The Hall–Kier alpha value is -2.93. The van der Waals surface area contributed by atoms with Crippen molar-refractivity contribution >= 4 is 34.2 Å². The van der Waals surface area contributed by atoms with E-state index < -0.39 is 0 Å². The number of ketones is 1. The van der Waals surface area contributed by atoms with Crippen molar-refractivity contribution in [3.05, 3.63) is 74.8 Å². The molecule has 1 aliphatic heterocycles. The van der Waals surface area contributed by atoms with Gasteiger partial charge in [-0.05, 0) is 78.9 Å². The third kappa shape index (κ3) is 3.59. The van der Waals surface area contributed by atoms with Crippen LogP contribution in [0.3, 0.4) is 0 Å². The number of benzene rings is 2. The molecule has 1 N–H and O–H groups in total. The van der Waals surface area contributed by atoms with Gasteiger partial charge in [0.1, 0.15) is 5.82 Å². The van der Waals surface area contributed by atoms with Crippen LogP contribution in [0.15, 0.2) is 41.2 Å². The summed E-state index contributed by atoms with van der Waals surface area (Å²) in [5.41, 5.74) is 5.72. The molecule has 0 atom stereocenters. The van der Waals surface area contributed by atoms with Gasteiger partial charge in [0, 0.05) is 17.9 Å². The highest BCUT2D eigenvalue weighted by Crippen LogP contribution is 2.31. The van der Waals surface area contributed by atoms with E-state index in [1.54, 1.807) is 0 Å². The number of Topliss-reactive ketones (excluding diaryl/α,β-unsaturated/α-hetero) is 1. The highest BCUT2D eigenvalue weighted by atomic mass is 32.2. The number of nitrogens with one attached hydrogen (secondary N) is 1. The summed E-state index contributed by atoms with van der Waals surface area (Å²) < 4.78 is 1.91. The Balaban J connectivity index is 1.40. The lowest BCUT2D eigenvalue weighted by molar-refractivity contribution is 0.0924. The summed E-state index contributed by atoms with van der Waals surface area (Å²) in [7, 11) is 0. The van der Waals surface area contributed by atoms with Crippen LogP contribution in [-0.2, 0) is 19.3 Å². The van der Waals surface area contributed by atoms with Gasteiger partial charge in [-0.25, -0.2) is 0 Å². The minimum Gasteiger partial charge on any atom is -0.317 e. The SMILES string of the molecule is Cc1cc2c(cc1C(=O)C1Cc3ccccc3C1)[nH]c(=O)c1nnc(CC3CCSCC3)n12. The molecule has 6 nitrogen and oxygen atoms in total. The summed E-state index contributed by atoms with van der Waals surface area (Å²) in [6.45, 7) is 1.98. The van der Waals surface area contributed by atoms with Crippen LogP contribution >= 0.6 is 11.8 Å². The summed E-state index contributed by atoms with van der Waals surface area (Å²) in [6.07, 6.45) is 4.71. The number of fused-ring (bicyclic) bond motifs is 4. The lowest BCUT2D eigenvalue weighted by Gasteiger charge is -2.20. The Labute approximate surface area is 195 Å². The van der Waals surface area contributed by atoms with Gasteiger partial charge in [0.05, 0.1) is 11.0 Å². The van der Waals surface area contributed by atoms with Gasteiger partial charge in [0.25, 0.3) is 5.56 Å². The number of H-pyrrole nitrogens is 1. The fourth-order valence-electron chi connectivity index (χ4n) is 5.44. The maximum atomic E-state index is 13.5. The Morgan fingerprint density at radius 1 is 1.12 bits per heavy atom. The molecule has 0 bridgehead atoms. The molecule has 0 amide bonds. The molecule has 6 rings (SSSR count). The molecule has 2 aromatic carbocycles. The van der Waals surface area contributed by atoms with Crippen LogP contribution in [0.1, 0.15) is 45.7 Å². The molecule has 168 valence electrons. The van der Waals surface area contributed by atoms with Gasteiger partial charge in [0.2, 0.25) is 5.65 Å². The molecule has 1 aliphatic carbocycles. The topological polar surface area (TPSA) is 80.1 Å². The van der Waals surface area contributed by atoms with Gasteiger partial charge in [-0.3, -0.25) is 14.0 Å². The molecule has 0 unspecified atom stereocenters. The second-order valence-corrected chi connectivity index (χ2v) is 10.6. The largest absolute Gasteiger partial charge is 0.317 e. The van der Waals surface area contributed by atoms with Crippen LogP contribution in [0.2, 0.25) is 0 Å². The minimum atomic E-state index is -0.268. The van der Waals surface area contributed by atoms with Crippen molar-refractivity contribution < 1.29 is 4.79 Å². The highest BCUT2D eigenvalue weighted by Gasteiger charge is 2.29. The van der Waals surface area contributed by atoms with E-state index in [1.807, 2.05) is 47.4 Å². The molecule has 2 aliphatic rings. The van der Waals surface area contributed by atoms with Crippen LogP contribution in [0.5, 0.6) is 0 Å². The summed E-state index contributed by atoms with van der Waals surface area (Å²) in [4.78, 5) is 29.2. The number of hydrogen-bond donors (Lipinski definition) is 1. The van der Waals surface area contributed by atoms with Crippen molar-refractivity contribution in [1.29, 1.82) is 0 Å². The number of carbonyl (C=O) groups excluding carboxylic acids is 1. The van der Waals surface area contributed by atoms with E-state index in [0.29, 0.717) is 22.6 Å². The molecule has 0 spiro atoms. The van der Waals surface area contributed by atoms with E-state index in [0.717, 1.165) is 36.2 Å². The molecule has 0 saturated carbocycles. The lowest BCUT2D eigenvalue weighted by atomic mass is 9.92. The Morgan fingerprint density at radius 2 is 1.85 bits per heavy atom. The second kappa shape index (κ2) is 8.13. The van der Waals surface area contributed by atoms with Crippen molar-refractivity contribution in [2.45, 2.75) is 39.0 Å². The van der Waals surface area contributed by atoms with Crippen LogP contribution in [0.4, 0.5) is 0 Å². The first kappa shape index (κ1) is 20.7. The van der Waals surface area contributed by atoms with Gasteiger partial charge in [-0.15, -0.1) is 10.2 Å². The smallest absolute Gasteiger partial charge is 0.294 e. The van der Waals surface area contributed by atoms with Gasteiger partial charge < -0.3 is 4.98 Å². The normalized spacial score (nSPS) is 17.1. The quantitative estimate of drug-likeness (QED) is 0.465. The predicted molar refractivity (Wildman–Crippen MR) is 131 cm³/mol. The molecular formula is C26H26N4O2S. The molecule has 1 fully saturated rings. The lowest BCUT2D eigenvalue weighted by Crippen LogP contribution is -2.18. The first-order chi connectivity index (χ1) is 16.1. The van der Waals surface area contributed by atoms with Gasteiger partial charge in [0.15, 0.2) is 5.78 Å². The third-order valence-electron chi connectivity index (χ3n) is 7.26. The maximum Gasteiger partial charge on any atom is 0.294 e. The Kier molecular flexibility index (Phi) is 5.09. The zero-order valence-corrected chi connectivity index (χ0v) is 19.5. The fourth-order valence-corrected chi connectivity index (χ4v) is 6.65. The fraction of sp³-hybridized carbons (Fsp3) is 0.385. The third-order valence-corrected chi connectivity index (χ3v) is 8.31. The number of thioether (sulfide) groups is 1. The summed E-state index contributed by atoms with van der Waals surface area (Å²) in [5.74, 6) is 3.86. The monoisotopic (exact) mass is 458 g/mol. The average Bonchev–Trinajstić information content (AvgIpc) is 3.45. The van der Waals surface area contributed by atoms with Crippen LogP contribution < -0.4 is 5.56 Å². The van der Waals surface area contributed by atoms with E-state index in [2.05, 4.69) is 27.3 Å². The molecule has 4 aromatic rings. The van der Waals surface area contributed by atoms with E-state index in [1.165, 1.54) is 35.5 Å². The van der Waals surface area contributed by atoms with Crippen molar-refractivity contribution in [3.63, 3.8) is 0 Å². The Bertz CT molecular complexity index is 1420. The van der Waals surface area contributed by atoms with Crippen molar-refractivity contribution in [1.82, 2.24) is 19.6 Å². The first-order valence-electron chi connectivity index (χ1n) is 11.7. The molecule has 7 heteroatoms. The molecule has 3 heterocycles. The van der Waals surface area contributed by atoms with Crippen LogP contribution in [0, 0.1) is 18.8 Å². The van der Waals surface area contributed by atoms with Gasteiger partial charge in [-0.2, -0.15) is 11.8 Å². The minimum absolute atomic E-state index is 0.0522. The first-order valence-corrected chi connectivity index (χ1v) is 12.8. The van der Waals surface area contributed by atoms with Gasteiger partial charge >= 0.3 is 0 Å². The molecule has 1 saturated heterocycles. The number of carbonyl (C=O) groups is 1. The number of aryl methyl sites for hydroxylation is 1. The predicted octanol–water partition coefficient (Wildman–Crippen LogP) is 4.16. The number of hydrogen-bond acceptors (Lipinski definition) is 5. The van der Waals surface area contributed by atoms with E-state index in [4.69, 9.17) is 0 Å². The zero-order chi connectivity index (χ0) is 22.5. The Morgan fingerprint density at radius 3 is 2.58 bits per heavy atom. The van der Waals surface area contributed by atoms with Crippen LogP contribution in [-0.4, -0.2) is 36.9 Å². The second-order valence-electron chi connectivity index (χ2n) is 9.41. The maximum absolute atomic E-state index is 13.5. The van der Waals surface area contributed by atoms with E-state index in [9.17, 15) is 9.59 Å². The summed E-state index contributed by atoms with van der Waals surface area (Å²) >= 11 is 2.00. The van der Waals surface area contributed by atoms with Crippen molar-refractivity contribution in [3.8, 4) is 0 Å². The molecule has 0 radical (unpaired) electrons. The summed E-state index contributed by atoms with van der Waals surface area (Å²) in [6, 6.07) is 12.2. The molecule has 2 aromatic heterocycles. The average molecular weight is 459 g/mol. The number of aromatic nitrogens is 4. The van der Waals surface area contributed by atoms with Crippen molar-refractivity contribution in [2.75, 3.05) is 11.5 Å². The standard InChI is InChI=1S/C26H26N4O2S/c1-15-10-22-21(14-20(15)24(31)19-12-17-4-2-3-5-18(17)13-19)27-26(32)25-29-28-23(30(22)25)11-16-6-8-33-9-7-16/h2-5,10,14,16,19H,6-9,11-13H2,1H3,(H,27,32). The van der Waals surface area contributed by atoms with Gasteiger partial charge in [-0.1, -0.05) is 24.3 Å². The van der Waals surface area contributed by atoms with Crippen molar-refractivity contribution in [2.24, 2.45) is 11.8 Å². The highest BCUT2D eigenvalue weighted by molar-refractivity contribution is 7.99. The molecule has 33 heavy (non-hydrogen) atoms. The number of rotatable bonds is 4. The number of aromatic amines is 1. The van der Waals surface area contributed by atoms with E-state index in [-0.39, 0.29) is 17.3 Å². The zero-order valence-electron chi connectivity index (χ0n) is 18.6.